The molecule has 0 aliphatic heterocycles. The van der Waals surface area contributed by atoms with Crippen molar-refractivity contribution < 1.29 is 28.0 Å². The van der Waals surface area contributed by atoms with Crippen LogP contribution in [0.5, 0.6) is 5.75 Å². The molecule has 3 amide bonds. The first-order chi connectivity index (χ1) is 21.5. The van der Waals surface area contributed by atoms with Gasteiger partial charge < -0.3 is 35.3 Å². The van der Waals surface area contributed by atoms with Crippen molar-refractivity contribution in [1.82, 2.24) is 16.0 Å². The van der Waals surface area contributed by atoms with E-state index >= 15 is 0 Å². The van der Waals surface area contributed by atoms with E-state index in [1.165, 1.54) is 0 Å². The van der Waals surface area contributed by atoms with Gasteiger partial charge in [0.1, 0.15) is 24.4 Å². The van der Waals surface area contributed by atoms with Gasteiger partial charge in [-0.2, -0.15) is 0 Å². The second kappa shape index (κ2) is 17.3. The second-order valence-corrected chi connectivity index (χ2v) is 13.8. The number of hydrogen-bond acceptors (Lipinski definition) is 8. The van der Waals surface area contributed by atoms with Crippen LogP contribution in [0, 0.1) is 18.3 Å². The summed E-state index contributed by atoms with van der Waals surface area (Å²) in [5.74, 6) is -0.787. The monoisotopic (exact) mass is 660 g/mol. The third-order valence-electron chi connectivity index (χ3n) is 8.03. The Hall–Kier alpha value is -3.67. The first kappa shape index (κ1) is 38.5. The van der Waals surface area contributed by atoms with E-state index < -0.39 is 34.8 Å². The van der Waals surface area contributed by atoms with E-state index in [1.54, 1.807) is 31.2 Å². The summed E-state index contributed by atoms with van der Waals surface area (Å²) in [6, 6.07) is 5.31. The van der Waals surface area contributed by atoms with Crippen LogP contribution < -0.4 is 32.2 Å². The third-order valence-corrected chi connectivity index (χ3v) is 8.59. The molecule has 2 aromatic rings. The minimum absolute atomic E-state index is 0.0159. The topological polar surface area (TPSA) is 166 Å². The maximum atomic E-state index is 13.8. The molecule has 3 unspecified atom stereocenters. The molecule has 12 heteroatoms. The SMILES string of the molecule is CCCCCC(=O)NC(Cc1ccc(OCc2oc(=O)oc2C)cc1)C(=O)NC(C(=O)NC(C)(C)CC(C)(C)C(N)=S)C(C)CC. The summed E-state index contributed by atoms with van der Waals surface area (Å²) in [4.78, 5) is 51.9. The lowest BCUT2D eigenvalue weighted by Gasteiger charge is -2.37. The molecule has 5 N–H and O–H groups in total. The number of hydrogen-bond donors (Lipinski definition) is 4. The molecular formula is C34H52N4O7S. The minimum atomic E-state index is -0.912. The number of carbonyl (C=O) groups excluding carboxylic acids is 3. The lowest BCUT2D eigenvalue weighted by molar-refractivity contribution is -0.133. The Kier molecular flexibility index (Phi) is 14.5. The number of nitrogens with one attached hydrogen (secondary N) is 3. The van der Waals surface area contributed by atoms with Crippen LogP contribution in [-0.4, -0.2) is 40.3 Å². The quantitative estimate of drug-likeness (QED) is 0.122. The number of thiocarbonyl (C=S) groups is 1. The number of rotatable bonds is 19. The molecular weight excluding hydrogens is 608 g/mol. The van der Waals surface area contributed by atoms with E-state index in [2.05, 4.69) is 22.9 Å². The highest BCUT2D eigenvalue weighted by Gasteiger charge is 2.36. The number of unbranched alkanes of at least 4 members (excludes halogenated alkanes) is 2. The molecule has 3 atom stereocenters. The first-order valence-corrected chi connectivity index (χ1v) is 16.4. The van der Waals surface area contributed by atoms with Crippen molar-refractivity contribution in [2.45, 2.75) is 125 Å². The molecule has 0 aliphatic carbocycles. The molecule has 0 spiro atoms. The Morgan fingerprint density at radius 2 is 1.65 bits per heavy atom. The van der Waals surface area contributed by atoms with E-state index in [-0.39, 0.29) is 30.8 Å². The summed E-state index contributed by atoms with van der Waals surface area (Å²) < 4.78 is 15.5. The van der Waals surface area contributed by atoms with Gasteiger partial charge in [-0.15, -0.1) is 0 Å². The van der Waals surface area contributed by atoms with E-state index in [9.17, 15) is 19.2 Å². The molecule has 0 aliphatic rings. The van der Waals surface area contributed by atoms with Crippen molar-refractivity contribution in [2.24, 2.45) is 17.1 Å². The van der Waals surface area contributed by atoms with Crippen molar-refractivity contribution >= 4 is 34.9 Å². The van der Waals surface area contributed by atoms with Gasteiger partial charge in [0.05, 0.1) is 4.99 Å². The van der Waals surface area contributed by atoms with Gasteiger partial charge in [0.25, 0.3) is 0 Å². The van der Waals surface area contributed by atoms with E-state index in [1.807, 2.05) is 41.5 Å². The van der Waals surface area contributed by atoms with Crippen molar-refractivity contribution in [3.05, 3.63) is 52.0 Å². The molecule has 1 heterocycles. The number of nitrogens with two attached hydrogens (primary N) is 1. The minimum Gasteiger partial charge on any atom is -0.486 e. The van der Waals surface area contributed by atoms with Gasteiger partial charge in [-0.1, -0.05) is 78.2 Å². The van der Waals surface area contributed by atoms with Crippen LogP contribution in [0.25, 0.3) is 0 Å². The summed E-state index contributed by atoms with van der Waals surface area (Å²) in [6.45, 7) is 15.2. The largest absolute Gasteiger partial charge is 0.519 e. The summed E-state index contributed by atoms with van der Waals surface area (Å²) >= 11 is 5.23. The van der Waals surface area contributed by atoms with Gasteiger partial charge in [-0.3, -0.25) is 14.4 Å². The van der Waals surface area contributed by atoms with E-state index in [0.717, 1.165) is 18.4 Å². The Balaban J connectivity index is 2.21. The van der Waals surface area contributed by atoms with Crippen LogP contribution in [0.4, 0.5) is 0 Å². The number of aryl methyl sites for hydroxylation is 1. The molecule has 0 saturated carbocycles. The molecule has 0 saturated heterocycles. The van der Waals surface area contributed by atoms with Crippen LogP contribution >= 0.6 is 12.2 Å². The summed E-state index contributed by atoms with van der Waals surface area (Å²) in [5, 5.41) is 8.92. The fourth-order valence-corrected chi connectivity index (χ4v) is 5.30. The smallest absolute Gasteiger partial charge is 0.486 e. The maximum Gasteiger partial charge on any atom is 0.519 e. The van der Waals surface area contributed by atoms with Crippen molar-refractivity contribution in [2.75, 3.05) is 0 Å². The second-order valence-electron chi connectivity index (χ2n) is 13.3. The lowest BCUT2D eigenvalue weighted by Crippen LogP contribution is -2.59. The number of ether oxygens (including phenoxy) is 1. The molecule has 1 aromatic heterocycles. The van der Waals surface area contributed by atoms with Crippen LogP contribution in [0.1, 0.15) is 104 Å². The first-order valence-electron chi connectivity index (χ1n) is 16.0. The molecule has 1 aromatic carbocycles. The number of amides is 3. The fraction of sp³-hybridized carbons (Fsp3) is 0.618. The van der Waals surface area contributed by atoms with Gasteiger partial charge in [0.15, 0.2) is 11.5 Å². The average Bonchev–Trinajstić information content (AvgIpc) is 3.29. The highest BCUT2D eigenvalue weighted by molar-refractivity contribution is 7.80. The summed E-state index contributed by atoms with van der Waals surface area (Å²) in [6.07, 6.45) is 4.25. The molecule has 0 bridgehead atoms. The predicted molar refractivity (Wildman–Crippen MR) is 181 cm³/mol. The zero-order valence-corrected chi connectivity index (χ0v) is 29.4. The molecule has 11 nitrogen and oxygen atoms in total. The van der Waals surface area contributed by atoms with Gasteiger partial charge in [0.2, 0.25) is 17.7 Å². The highest BCUT2D eigenvalue weighted by atomic mass is 32.1. The van der Waals surface area contributed by atoms with E-state index in [4.69, 9.17) is 31.5 Å². The van der Waals surface area contributed by atoms with Crippen molar-refractivity contribution in [3.8, 4) is 5.75 Å². The number of benzene rings is 1. The Morgan fingerprint density at radius 3 is 2.20 bits per heavy atom. The van der Waals surface area contributed by atoms with Crippen molar-refractivity contribution in [1.29, 1.82) is 0 Å². The fourth-order valence-electron chi connectivity index (χ4n) is 5.23. The Bertz CT molecular complexity index is 1380. The lowest BCUT2D eigenvalue weighted by atomic mass is 9.79. The Labute approximate surface area is 277 Å². The molecule has 0 fully saturated rings. The molecule has 256 valence electrons. The summed E-state index contributed by atoms with van der Waals surface area (Å²) in [5.41, 5.74) is 5.57. The van der Waals surface area contributed by atoms with E-state index in [0.29, 0.717) is 47.9 Å². The van der Waals surface area contributed by atoms with Gasteiger partial charge in [-0.25, -0.2) is 4.79 Å². The van der Waals surface area contributed by atoms with Crippen LogP contribution in [-0.2, 0) is 27.4 Å². The predicted octanol–water partition coefficient (Wildman–Crippen LogP) is 4.86. The summed E-state index contributed by atoms with van der Waals surface area (Å²) in [7, 11) is 0. The van der Waals surface area contributed by atoms with Gasteiger partial charge in [0, 0.05) is 23.8 Å². The van der Waals surface area contributed by atoms with Crippen LogP contribution in [0.15, 0.2) is 37.9 Å². The van der Waals surface area contributed by atoms with Gasteiger partial charge >= 0.3 is 5.82 Å². The normalized spacial score (nSPS) is 13.7. The van der Waals surface area contributed by atoms with Crippen LogP contribution in [0.2, 0.25) is 0 Å². The average molecular weight is 661 g/mol. The third kappa shape index (κ3) is 12.3. The Morgan fingerprint density at radius 1 is 1.00 bits per heavy atom. The number of carbonyl (C=O) groups is 3. The maximum absolute atomic E-state index is 13.8. The van der Waals surface area contributed by atoms with Gasteiger partial charge in [-0.05, 0) is 57.2 Å². The van der Waals surface area contributed by atoms with Crippen LogP contribution in [0.3, 0.4) is 0 Å². The molecule has 2 rings (SSSR count). The molecule has 46 heavy (non-hydrogen) atoms. The zero-order valence-electron chi connectivity index (χ0n) is 28.5. The molecule has 0 radical (unpaired) electrons. The standard InChI is InChI=1S/C34H52N4O7S/c1-9-11-12-13-27(39)36-25(18-23-14-16-24(17-15-23)43-19-26-22(4)44-32(42)45-26)29(40)37-28(21(3)10-2)30(41)38-34(7,8)20-33(5,6)31(35)46/h14-17,21,25,28H,9-13,18-20H2,1-8H3,(H2,35,46)(H,36,39)(H,37,40)(H,38,41). The highest BCUT2D eigenvalue weighted by Crippen LogP contribution is 2.28. The zero-order chi connectivity index (χ0) is 34.7. The van der Waals surface area contributed by atoms with Crippen molar-refractivity contribution in [3.63, 3.8) is 0 Å².